The molecule has 0 spiro atoms. The zero-order valence-corrected chi connectivity index (χ0v) is 8.95. The maximum Gasteiger partial charge on any atom is 0.120 e. The summed E-state index contributed by atoms with van der Waals surface area (Å²) in [5.74, 6) is 2.83. The molecule has 0 saturated carbocycles. The van der Waals surface area contributed by atoms with E-state index in [1.807, 2.05) is 25.3 Å². The summed E-state index contributed by atoms with van der Waals surface area (Å²) in [5, 5.41) is 3.33. The lowest BCUT2D eigenvalue weighted by atomic mass is 10.2. The van der Waals surface area contributed by atoms with Crippen molar-refractivity contribution >= 4 is 0 Å². The molecular weight excluding hydrogens is 190 g/mol. The van der Waals surface area contributed by atoms with Crippen molar-refractivity contribution in [2.24, 2.45) is 0 Å². The van der Waals surface area contributed by atoms with Crippen molar-refractivity contribution in [2.75, 3.05) is 0 Å². The molecular formula is C11H15N3O. The van der Waals surface area contributed by atoms with Crippen LogP contribution in [0.3, 0.4) is 0 Å². The van der Waals surface area contributed by atoms with Gasteiger partial charge in [0.2, 0.25) is 0 Å². The van der Waals surface area contributed by atoms with Crippen LogP contribution in [0.5, 0.6) is 0 Å². The van der Waals surface area contributed by atoms with Gasteiger partial charge in [-0.2, -0.15) is 0 Å². The van der Waals surface area contributed by atoms with E-state index >= 15 is 0 Å². The number of nitrogens with zero attached hydrogens (tertiary/aromatic N) is 1. The normalized spacial score (nSPS) is 12.9. The van der Waals surface area contributed by atoms with Crippen LogP contribution in [0.25, 0.3) is 0 Å². The number of aromatic nitrogens is 2. The number of aromatic amines is 1. The Morgan fingerprint density at radius 3 is 3.00 bits per heavy atom. The molecule has 0 bridgehead atoms. The van der Waals surface area contributed by atoms with Crippen LogP contribution in [0.4, 0.5) is 0 Å². The predicted molar refractivity (Wildman–Crippen MR) is 57.3 cm³/mol. The fraction of sp³-hybridized carbons (Fsp3) is 0.364. The monoisotopic (exact) mass is 205 g/mol. The SMILES string of the molecule is Cc1ccc(C(C)NCc2ncc[nH]2)o1. The van der Waals surface area contributed by atoms with E-state index in [-0.39, 0.29) is 6.04 Å². The summed E-state index contributed by atoms with van der Waals surface area (Å²) in [6.07, 6.45) is 3.57. The molecule has 2 N–H and O–H groups in total. The summed E-state index contributed by atoms with van der Waals surface area (Å²) < 4.78 is 5.52. The van der Waals surface area contributed by atoms with Crippen LogP contribution in [0.2, 0.25) is 0 Å². The van der Waals surface area contributed by atoms with Gasteiger partial charge in [0.05, 0.1) is 12.6 Å². The quantitative estimate of drug-likeness (QED) is 0.804. The van der Waals surface area contributed by atoms with Gasteiger partial charge in [0.1, 0.15) is 17.3 Å². The Morgan fingerprint density at radius 1 is 1.53 bits per heavy atom. The van der Waals surface area contributed by atoms with Crippen LogP contribution in [0, 0.1) is 6.92 Å². The lowest BCUT2D eigenvalue weighted by molar-refractivity contribution is 0.413. The van der Waals surface area contributed by atoms with Crippen LogP contribution >= 0.6 is 0 Å². The largest absolute Gasteiger partial charge is 0.465 e. The highest BCUT2D eigenvalue weighted by molar-refractivity contribution is 5.09. The van der Waals surface area contributed by atoms with Gasteiger partial charge in [0, 0.05) is 12.4 Å². The van der Waals surface area contributed by atoms with E-state index in [0.717, 1.165) is 17.3 Å². The molecule has 0 fully saturated rings. The Bertz CT molecular complexity index is 405. The van der Waals surface area contributed by atoms with Gasteiger partial charge in [-0.3, -0.25) is 0 Å². The van der Waals surface area contributed by atoms with Gasteiger partial charge in [0.25, 0.3) is 0 Å². The maximum absolute atomic E-state index is 5.52. The number of aryl methyl sites for hydroxylation is 1. The zero-order chi connectivity index (χ0) is 10.7. The molecule has 1 atom stereocenters. The molecule has 0 amide bonds. The molecule has 80 valence electrons. The van der Waals surface area contributed by atoms with Crippen LogP contribution in [-0.2, 0) is 6.54 Å². The summed E-state index contributed by atoms with van der Waals surface area (Å²) >= 11 is 0. The van der Waals surface area contributed by atoms with E-state index in [1.54, 1.807) is 6.20 Å². The van der Waals surface area contributed by atoms with Crippen molar-refractivity contribution in [3.05, 3.63) is 41.9 Å². The van der Waals surface area contributed by atoms with Gasteiger partial charge >= 0.3 is 0 Å². The van der Waals surface area contributed by atoms with Crippen LogP contribution < -0.4 is 5.32 Å². The Labute approximate surface area is 88.7 Å². The van der Waals surface area contributed by atoms with Gasteiger partial charge < -0.3 is 14.7 Å². The molecule has 2 aromatic rings. The van der Waals surface area contributed by atoms with E-state index in [0.29, 0.717) is 6.54 Å². The molecule has 0 aliphatic heterocycles. The highest BCUT2D eigenvalue weighted by Gasteiger charge is 2.08. The summed E-state index contributed by atoms with van der Waals surface area (Å²) in [6.45, 7) is 4.73. The molecule has 4 heteroatoms. The van der Waals surface area contributed by atoms with Crippen molar-refractivity contribution in [2.45, 2.75) is 26.4 Å². The Kier molecular flexibility index (Phi) is 2.87. The fourth-order valence-corrected chi connectivity index (χ4v) is 1.43. The van der Waals surface area contributed by atoms with Crippen molar-refractivity contribution in [3.8, 4) is 0 Å². The molecule has 2 heterocycles. The summed E-state index contributed by atoms with van der Waals surface area (Å²) in [7, 11) is 0. The second-order valence-electron chi connectivity index (χ2n) is 3.59. The highest BCUT2D eigenvalue weighted by Crippen LogP contribution is 2.15. The second kappa shape index (κ2) is 4.31. The Hall–Kier alpha value is -1.55. The first kappa shape index (κ1) is 9.98. The molecule has 0 saturated heterocycles. The van der Waals surface area contributed by atoms with E-state index in [2.05, 4.69) is 22.2 Å². The van der Waals surface area contributed by atoms with Gasteiger partial charge in [-0.05, 0) is 26.0 Å². The second-order valence-corrected chi connectivity index (χ2v) is 3.59. The number of nitrogens with one attached hydrogen (secondary N) is 2. The average Bonchev–Trinajstić information content (AvgIpc) is 2.84. The molecule has 0 aliphatic carbocycles. The van der Waals surface area contributed by atoms with Gasteiger partial charge in [-0.1, -0.05) is 0 Å². The first-order valence-corrected chi connectivity index (χ1v) is 5.03. The Balaban J connectivity index is 1.90. The van der Waals surface area contributed by atoms with Crippen LogP contribution in [-0.4, -0.2) is 9.97 Å². The average molecular weight is 205 g/mol. The maximum atomic E-state index is 5.52. The first-order valence-electron chi connectivity index (χ1n) is 5.03. The minimum Gasteiger partial charge on any atom is -0.465 e. The van der Waals surface area contributed by atoms with Crippen molar-refractivity contribution in [3.63, 3.8) is 0 Å². The summed E-state index contributed by atoms with van der Waals surface area (Å²) in [4.78, 5) is 7.18. The number of furan rings is 1. The van der Waals surface area contributed by atoms with Crippen LogP contribution in [0.1, 0.15) is 30.3 Å². The lowest BCUT2D eigenvalue weighted by Gasteiger charge is -2.09. The van der Waals surface area contributed by atoms with E-state index in [1.165, 1.54) is 0 Å². The molecule has 2 aromatic heterocycles. The highest BCUT2D eigenvalue weighted by atomic mass is 16.3. The summed E-state index contributed by atoms with van der Waals surface area (Å²) in [5.41, 5.74) is 0. The third kappa shape index (κ3) is 2.47. The fourth-order valence-electron chi connectivity index (χ4n) is 1.43. The van der Waals surface area contributed by atoms with Gasteiger partial charge in [0.15, 0.2) is 0 Å². The molecule has 4 nitrogen and oxygen atoms in total. The predicted octanol–water partition coefficient (Wildman–Crippen LogP) is 2.16. The van der Waals surface area contributed by atoms with E-state index in [9.17, 15) is 0 Å². The van der Waals surface area contributed by atoms with Crippen molar-refractivity contribution in [1.29, 1.82) is 0 Å². The van der Waals surface area contributed by atoms with E-state index in [4.69, 9.17) is 4.42 Å². The standard InChI is InChI=1S/C11H15N3O/c1-8-3-4-10(15-8)9(2)14-7-11-12-5-6-13-11/h3-6,9,14H,7H2,1-2H3,(H,12,13). The molecule has 0 radical (unpaired) electrons. The molecule has 15 heavy (non-hydrogen) atoms. The number of rotatable bonds is 4. The number of imidazole rings is 1. The Morgan fingerprint density at radius 2 is 2.40 bits per heavy atom. The minimum atomic E-state index is 0.198. The van der Waals surface area contributed by atoms with Gasteiger partial charge in [-0.25, -0.2) is 4.98 Å². The van der Waals surface area contributed by atoms with Gasteiger partial charge in [-0.15, -0.1) is 0 Å². The molecule has 1 unspecified atom stereocenters. The minimum absolute atomic E-state index is 0.198. The van der Waals surface area contributed by atoms with Crippen LogP contribution in [0.15, 0.2) is 28.9 Å². The number of hydrogen-bond acceptors (Lipinski definition) is 3. The lowest BCUT2D eigenvalue weighted by Crippen LogP contribution is -2.18. The topological polar surface area (TPSA) is 53.9 Å². The third-order valence-corrected chi connectivity index (χ3v) is 2.32. The smallest absolute Gasteiger partial charge is 0.120 e. The molecule has 2 rings (SSSR count). The first-order chi connectivity index (χ1) is 7.25. The van der Waals surface area contributed by atoms with E-state index < -0.39 is 0 Å². The molecule has 0 aromatic carbocycles. The number of hydrogen-bond donors (Lipinski definition) is 2. The molecule has 0 aliphatic rings. The van der Waals surface area contributed by atoms with Crippen molar-refractivity contribution < 1.29 is 4.42 Å². The van der Waals surface area contributed by atoms with Crippen molar-refractivity contribution in [1.82, 2.24) is 15.3 Å². The number of H-pyrrole nitrogens is 1. The third-order valence-electron chi connectivity index (χ3n) is 2.32. The summed E-state index contributed by atoms with van der Waals surface area (Å²) in [6, 6.07) is 4.17. The zero-order valence-electron chi connectivity index (χ0n) is 8.95.